The van der Waals surface area contributed by atoms with Crippen LogP contribution in [0.3, 0.4) is 0 Å². The van der Waals surface area contributed by atoms with Gasteiger partial charge in [0.15, 0.2) is 11.4 Å². The summed E-state index contributed by atoms with van der Waals surface area (Å²) in [6.07, 6.45) is 1.40. The van der Waals surface area contributed by atoms with Crippen molar-refractivity contribution >= 4 is 29.4 Å². The third-order valence-electron chi connectivity index (χ3n) is 6.93. The van der Waals surface area contributed by atoms with Crippen molar-refractivity contribution in [3.63, 3.8) is 0 Å². The maximum Gasteiger partial charge on any atom is 0.328 e. The summed E-state index contributed by atoms with van der Waals surface area (Å²) in [4.78, 5) is 29.3. The van der Waals surface area contributed by atoms with E-state index in [-0.39, 0.29) is 18.8 Å². The number of anilines is 1. The molecular formula is C31H33N5O6S. The van der Waals surface area contributed by atoms with E-state index in [2.05, 4.69) is 25.8 Å². The minimum atomic E-state index is -0.842. The molecule has 2 amide bonds. The molecule has 0 saturated carbocycles. The highest BCUT2D eigenvalue weighted by atomic mass is 32.2. The van der Waals surface area contributed by atoms with Crippen molar-refractivity contribution in [1.29, 1.82) is 0 Å². The van der Waals surface area contributed by atoms with E-state index in [0.717, 1.165) is 22.3 Å². The van der Waals surface area contributed by atoms with Crippen molar-refractivity contribution in [2.75, 3.05) is 18.2 Å². The Labute approximate surface area is 253 Å². The molecule has 1 aliphatic rings. The molecule has 2 heterocycles. The van der Waals surface area contributed by atoms with E-state index in [0.29, 0.717) is 29.4 Å². The monoisotopic (exact) mass is 603 g/mol. The highest BCUT2D eigenvalue weighted by Crippen LogP contribution is 2.39. The number of nitrogens with zero attached hydrogens (tertiary/aromatic N) is 2. The zero-order valence-electron chi connectivity index (χ0n) is 23.5. The number of esters is 1. The predicted molar refractivity (Wildman–Crippen MR) is 160 cm³/mol. The number of thioether (sulfide) groups is 1. The van der Waals surface area contributed by atoms with Crippen molar-refractivity contribution < 1.29 is 28.9 Å². The fraction of sp³-hybridized carbons (Fsp3) is 0.290. The van der Waals surface area contributed by atoms with Crippen LogP contribution in [0.1, 0.15) is 41.1 Å². The molecule has 43 heavy (non-hydrogen) atoms. The van der Waals surface area contributed by atoms with Gasteiger partial charge in [0.2, 0.25) is 0 Å². The first-order valence-corrected chi connectivity index (χ1v) is 14.8. The molecule has 1 fully saturated rings. The molecule has 1 aliphatic heterocycles. The number of H-pyrrole nitrogens is 1. The number of aromatic amines is 1. The van der Waals surface area contributed by atoms with E-state index in [9.17, 15) is 14.7 Å². The summed E-state index contributed by atoms with van der Waals surface area (Å²) in [6.45, 7) is -0.0250. The summed E-state index contributed by atoms with van der Waals surface area (Å²) in [7, 11) is 1.29. The van der Waals surface area contributed by atoms with E-state index < -0.39 is 24.3 Å². The van der Waals surface area contributed by atoms with Gasteiger partial charge in [0, 0.05) is 29.8 Å². The molecule has 224 valence electrons. The number of amides is 2. The Balaban J connectivity index is 1.24. The second kappa shape index (κ2) is 14.8. The van der Waals surface area contributed by atoms with Gasteiger partial charge in [-0.1, -0.05) is 78.5 Å². The molecule has 5 rings (SSSR count). The number of nitrogens with one attached hydrogen (secondary N) is 3. The lowest BCUT2D eigenvalue weighted by molar-refractivity contribution is -0.245. The number of aromatic nitrogens is 3. The van der Waals surface area contributed by atoms with Crippen LogP contribution in [0.2, 0.25) is 0 Å². The van der Waals surface area contributed by atoms with Crippen LogP contribution in [0, 0.1) is 0 Å². The lowest BCUT2D eigenvalue weighted by Crippen LogP contribution is -2.45. The lowest BCUT2D eigenvalue weighted by Gasteiger charge is -2.36. The van der Waals surface area contributed by atoms with Gasteiger partial charge in [-0.25, -0.2) is 14.6 Å². The fourth-order valence-corrected chi connectivity index (χ4v) is 5.49. The summed E-state index contributed by atoms with van der Waals surface area (Å²) >= 11 is 1.52. The second-order valence-corrected chi connectivity index (χ2v) is 10.9. The van der Waals surface area contributed by atoms with E-state index in [4.69, 9.17) is 14.2 Å². The SMILES string of the molecule is COC(=O)C(Cc1ccccc1)NC(=O)Nc1ccc(C2OC(CSc3ncn[nH]3)CC(c3ccc(CO)cc3)O2)cc1. The Morgan fingerprint density at radius 2 is 1.77 bits per heavy atom. The third-order valence-corrected chi connectivity index (χ3v) is 7.94. The number of hydrogen-bond donors (Lipinski definition) is 4. The van der Waals surface area contributed by atoms with Gasteiger partial charge >= 0.3 is 12.0 Å². The van der Waals surface area contributed by atoms with Gasteiger partial charge in [0.25, 0.3) is 0 Å². The molecule has 1 aromatic heterocycles. The Hall–Kier alpha value is -4.23. The maximum absolute atomic E-state index is 12.8. The molecule has 3 aromatic carbocycles. The average Bonchev–Trinajstić information content (AvgIpc) is 3.58. The van der Waals surface area contributed by atoms with E-state index in [1.165, 1.54) is 25.2 Å². The van der Waals surface area contributed by atoms with Crippen molar-refractivity contribution in [1.82, 2.24) is 20.5 Å². The summed E-state index contributed by atoms with van der Waals surface area (Å²) < 4.78 is 17.6. The highest BCUT2D eigenvalue weighted by molar-refractivity contribution is 7.99. The van der Waals surface area contributed by atoms with Gasteiger partial charge in [0.05, 0.1) is 25.9 Å². The number of methoxy groups -OCH3 is 1. The number of carbonyl (C=O) groups is 2. The zero-order chi connectivity index (χ0) is 30.0. The molecule has 12 heteroatoms. The quantitative estimate of drug-likeness (QED) is 0.143. The zero-order valence-corrected chi connectivity index (χ0v) is 24.3. The fourth-order valence-electron chi connectivity index (χ4n) is 4.69. The van der Waals surface area contributed by atoms with Gasteiger partial charge in [-0.05, 0) is 28.8 Å². The van der Waals surface area contributed by atoms with Crippen molar-refractivity contribution in [2.24, 2.45) is 0 Å². The Morgan fingerprint density at radius 3 is 2.44 bits per heavy atom. The number of urea groups is 1. The molecule has 4 atom stereocenters. The Kier molecular flexibility index (Phi) is 10.4. The molecule has 0 radical (unpaired) electrons. The number of carbonyl (C=O) groups excluding carboxylic acids is 2. The smallest absolute Gasteiger partial charge is 0.328 e. The molecule has 4 unspecified atom stereocenters. The first kappa shape index (κ1) is 30.2. The van der Waals surface area contributed by atoms with Crippen LogP contribution in [0.5, 0.6) is 0 Å². The molecular weight excluding hydrogens is 570 g/mol. The van der Waals surface area contributed by atoms with Gasteiger partial charge in [-0.3, -0.25) is 5.10 Å². The first-order chi connectivity index (χ1) is 21.0. The van der Waals surface area contributed by atoms with Gasteiger partial charge in [-0.15, -0.1) is 0 Å². The van der Waals surface area contributed by atoms with Crippen LogP contribution in [0.15, 0.2) is 90.3 Å². The molecule has 0 spiro atoms. The standard InChI is InChI=1S/C31H33N5O6S/c1-40-28(38)26(15-20-5-3-2-4-6-20)35-30(39)34-24-13-11-23(12-14-24)29-41-25(18-43-31-32-19-33-36-31)16-27(42-29)22-9-7-21(17-37)8-10-22/h2-14,19,25-27,29,37H,15-18H2,1H3,(H,32,33,36)(H2,34,35,39). The Bertz CT molecular complexity index is 1450. The molecule has 4 N–H and O–H groups in total. The van der Waals surface area contributed by atoms with Gasteiger partial charge in [0.1, 0.15) is 12.4 Å². The summed E-state index contributed by atoms with van der Waals surface area (Å²) in [5, 5.41) is 22.4. The summed E-state index contributed by atoms with van der Waals surface area (Å²) in [5.74, 6) is 0.113. The number of ether oxygens (including phenoxy) is 3. The third kappa shape index (κ3) is 8.42. The average molecular weight is 604 g/mol. The lowest BCUT2D eigenvalue weighted by atomic mass is 10.0. The first-order valence-electron chi connectivity index (χ1n) is 13.8. The number of aliphatic hydroxyl groups is 1. The van der Waals surface area contributed by atoms with Gasteiger partial charge < -0.3 is 30.0 Å². The second-order valence-electron chi connectivity index (χ2n) is 9.94. The number of hydrogen-bond acceptors (Lipinski definition) is 9. The van der Waals surface area contributed by atoms with Crippen LogP contribution < -0.4 is 10.6 Å². The minimum Gasteiger partial charge on any atom is -0.467 e. The summed E-state index contributed by atoms with van der Waals surface area (Å²) in [6, 6.07) is 22.9. The minimum absolute atomic E-state index is 0.0250. The topological polar surface area (TPSA) is 148 Å². The largest absolute Gasteiger partial charge is 0.467 e. The molecule has 1 saturated heterocycles. The Morgan fingerprint density at radius 1 is 1.02 bits per heavy atom. The number of benzene rings is 3. The van der Waals surface area contributed by atoms with Crippen LogP contribution >= 0.6 is 11.8 Å². The molecule has 0 bridgehead atoms. The van der Waals surface area contributed by atoms with Crippen LogP contribution in [0.25, 0.3) is 0 Å². The van der Waals surface area contributed by atoms with Crippen LogP contribution in [-0.2, 0) is 32.0 Å². The van der Waals surface area contributed by atoms with Crippen molar-refractivity contribution in [3.8, 4) is 0 Å². The molecule has 4 aromatic rings. The van der Waals surface area contributed by atoms with E-state index in [1.54, 1.807) is 12.1 Å². The van der Waals surface area contributed by atoms with Crippen molar-refractivity contribution in [2.45, 2.75) is 49.1 Å². The van der Waals surface area contributed by atoms with Crippen molar-refractivity contribution in [3.05, 3.63) is 107 Å². The number of aliphatic hydroxyl groups excluding tert-OH is 1. The predicted octanol–water partition coefficient (Wildman–Crippen LogP) is 4.54. The van der Waals surface area contributed by atoms with Crippen LogP contribution in [0.4, 0.5) is 10.5 Å². The molecule has 0 aliphatic carbocycles. The number of rotatable bonds is 11. The maximum atomic E-state index is 12.8. The molecule has 11 nitrogen and oxygen atoms in total. The van der Waals surface area contributed by atoms with E-state index in [1.807, 2.05) is 66.7 Å². The normalized spacial score (nSPS) is 18.9. The van der Waals surface area contributed by atoms with E-state index >= 15 is 0 Å². The van der Waals surface area contributed by atoms with Crippen LogP contribution in [-0.4, -0.2) is 57.3 Å². The highest BCUT2D eigenvalue weighted by Gasteiger charge is 2.32. The van der Waals surface area contributed by atoms with Gasteiger partial charge in [-0.2, -0.15) is 5.10 Å². The summed E-state index contributed by atoms with van der Waals surface area (Å²) in [5.41, 5.74) is 4.04.